The number of aliphatic hydroxyl groups excluding tert-OH is 1. The summed E-state index contributed by atoms with van der Waals surface area (Å²) in [7, 11) is 0. The minimum atomic E-state index is -1.44. The Morgan fingerprint density at radius 1 is 1.41 bits per heavy atom. The molecule has 0 heterocycles. The van der Waals surface area contributed by atoms with Gasteiger partial charge in [0.25, 0.3) is 0 Å². The van der Waals surface area contributed by atoms with Crippen LogP contribution in [0.25, 0.3) is 0 Å². The van der Waals surface area contributed by atoms with Crippen LogP contribution in [0.4, 0.5) is 4.39 Å². The van der Waals surface area contributed by atoms with E-state index in [1.807, 2.05) is 0 Å². The van der Waals surface area contributed by atoms with Crippen LogP contribution in [0, 0.1) is 0 Å². The molecule has 0 radical (unpaired) electrons. The number of esters is 1. The van der Waals surface area contributed by atoms with Gasteiger partial charge in [-0.3, -0.25) is 0 Å². The lowest BCUT2D eigenvalue weighted by molar-refractivity contribution is -0.153. The van der Waals surface area contributed by atoms with Crippen LogP contribution in [0.2, 0.25) is 0 Å². The second-order valence-corrected chi connectivity index (χ2v) is 4.25. The molecule has 1 rings (SSSR count). The number of benzene rings is 1. The first-order valence-electron chi connectivity index (χ1n) is 5.50. The van der Waals surface area contributed by atoms with Gasteiger partial charge in [-0.1, -0.05) is 24.3 Å². The monoisotopic (exact) mass is 240 g/mol. The van der Waals surface area contributed by atoms with Gasteiger partial charge in [0.2, 0.25) is 0 Å². The van der Waals surface area contributed by atoms with E-state index in [0.717, 1.165) is 0 Å². The molecule has 0 spiro atoms. The third kappa shape index (κ3) is 3.53. The maximum absolute atomic E-state index is 13.6. The molecule has 1 aromatic carbocycles. The van der Waals surface area contributed by atoms with Crippen molar-refractivity contribution in [1.82, 2.24) is 0 Å². The number of rotatable bonds is 4. The van der Waals surface area contributed by atoms with Gasteiger partial charge >= 0.3 is 5.97 Å². The zero-order valence-electron chi connectivity index (χ0n) is 10.2. The van der Waals surface area contributed by atoms with Crippen molar-refractivity contribution in [2.45, 2.75) is 32.5 Å². The van der Waals surface area contributed by atoms with Gasteiger partial charge in [0.05, 0.1) is 6.61 Å². The molecule has 0 amide bonds. The number of alkyl halides is 1. The Kier molecular flexibility index (Phi) is 4.23. The van der Waals surface area contributed by atoms with Gasteiger partial charge in [-0.25, -0.2) is 9.18 Å². The Bertz CT molecular complexity index is 379. The van der Waals surface area contributed by atoms with E-state index in [4.69, 9.17) is 4.74 Å². The molecular weight excluding hydrogens is 223 g/mol. The lowest BCUT2D eigenvalue weighted by Crippen LogP contribution is -2.16. The lowest BCUT2D eigenvalue weighted by Gasteiger charge is -2.16. The molecular formula is C13H17FO3. The van der Waals surface area contributed by atoms with Crippen LogP contribution in [0.1, 0.15) is 38.0 Å². The normalized spacial score (nSPS) is 13.2. The number of hydrogen-bond donors (Lipinski definition) is 1. The molecule has 0 aliphatic rings. The van der Waals surface area contributed by atoms with Gasteiger partial charge in [0.1, 0.15) is 5.67 Å². The SMILES string of the molecule is CCOC(=O)C(O)c1ccc(C(C)(C)F)cc1. The molecule has 0 aliphatic heterocycles. The summed E-state index contributed by atoms with van der Waals surface area (Å²) in [4.78, 5) is 11.3. The zero-order chi connectivity index (χ0) is 13.1. The fourth-order valence-corrected chi connectivity index (χ4v) is 1.42. The maximum atomic E-state index is 13.6. The third-order valence-electron chi connectivity index (χ3n) is 2.42. The fourth-order valence-electron chi connectivity index (χ4n) is 1.42. The Hall–Kier alpha value is -1.42. The molecule has 0 aromatic heterocycles. The third-order valence-corrected chi connectivity index (χ3v) is 2.42. The Morgan fingerprint density at radius 3 is 2.35 bits per heavy atom. The predicted octanol–water partition coefficient (Wildman–Crippen LogP) is 2.49. The highest BCUT2D eigenvalue weighted by molar-refractivity contribution is 5.76. The minimum absolute atomic E-state index is 0.214. The van der Waals surface area contributed by atoms with Crippen molar-refractivity contribution in [3.8, 4) is 0 Å². The van der Waals surface area contributed by atoms with Crippen molar-refractivity contribution in [2.24, 2.45) is 0 Å². The predicted molar refractivity (Wildman–Crippen MR) is 62.2 cm³/mol. The molecule has 0 saturated heterocycles. The highest BCUT2D eigenvalue weighted by atomic mass is 19.1. The fraction of sp³-hybridized carbons (Fsp3) is 0.462. The quantitative estimate of drug-likeness (QED) is 0.822. The van der Waals surface area contributed by atoms with Gasteiger partial charge < -0.3 is 9.84 Å². The van der Waals surface area contributed by atoms with Crippen LogP contribution in [-0.4, -0.2) is 17.7 Å². The molecule has 1 aromatic rings. The average Bonchev–Trinajstić information content (AvgIpc) is 2.27. The Morgan fingerprint density at radius 2 is 1.94 bits per heavy atom. The molecule has 1 unspecified atom stereocenters. The number of aliphatic hydroxyl groups is 1. The first kappa shape index (κ1) is 13.6. The molecule has 1 atom stereocenters. The molecule has 0 aliphatic carbocycles. The van der Waals surface area contributed by atoms with Crippen LogP contribution >= 0.6 is 0 Å². The van der Waals surface area contributed by atoms with Crippen molar-refractivity contribution in [2.75, 3.05) is 6.61 Å². The van der Waals surface area contributed by atoms with Crippen LogP contribution in [0.15, 0.2) is 24.3 Å². The van der Waals surface area contributed by atoms with Gasteiger partial charge in [-0.2, -0.15) is 0 Å². The number of hydrogen-bond acceptors (Lipinski definition) is 3. The van der Waals surface area contributed by atoms with E-state index < -0.39 is 17.7 Å². The maximum Gasteiger partial charge on any atom is 0.339 e. The van der Waals surface area contributed by atoms with E-state index in [1.165, 1.54) is 26.0 Å². The van der Waals surface area contributed by atoms with E-state index in [9.17, 15) is 14.3 Å². The van der Waals surface area contributed by atoms with E-state index in [2.05, 4.69) is 0 Å². The highest BCUT2D eigenvalue weighted by Gasteiger charge is 2.21. The number of halogens is 1. The number of carbonyl (C=O) groups excluding carboxylic acids is 1. The van der Waals surface area contributed by atoms with Gasteiger partial charge in [-0.15, -0.1) is 0 Å². The molecule has 17 heavy (non-hydrogen) atoms. The van der Waals surface area contributed by atoms with Gasteiger partial charge in [0.15, 0.2) is 6.10 Å². The van der Waals surface area contributed by atoms with E-state index in [0.29, 0.717) is 11.1 Å². The zero-order valence-corrected chi connectivity index (χ0v) is 10.2. The summed E-state index contributed by atoms with van der Waals surface area (Å²) in [6.07, 6.45) is -1.31. The molecule has 0 fully saturated rings. The second-order valence-electron chi connectivity index (χ2n) is 4.25. The number of carbonyl (C=O) groups is 1. The van der Waals surface area contributed by atoms with Crippen molar-refractivity contribution in [3.63, 3.8) is 0 Å². The van der Waals surface area contributed by atoms with Crippen LogP contribution in [0.5, 0.6) is 0 Å². The average molecular weight is 240 g/mol. The van der Waals surface area contributed by atoms with E-state index in [-0.39, 0.29) is 6.61 Å². The van der Waals surface area contributed by atoms with Crippen LogP contribution in [0.3, 0.4) is 0 Å². The molecule has 0 saturated carbocycles. The van der Waals surface area contributed by atoms with Crippen molar-refractivity contribution in [3.05, 3.63) is 35.4 Å². The van der Waals surface area contributed by atoms with Crippen LogP contribution < -0.4 is 0 Å². The van der Waals surface area contributed by atoms with Crippen molar-refractivity contribution in [1.29, 1.82) is 0 Å². The lowest BCUT2D eigenvalue weighted by atomic mass is 9.98. The summed E-state index contributed by atoms with van der Waals surface area (Å²) in [6.45, 7) is 4.78. The summed E-state index contributed by atoms with van der Waals surface area (Å²) in [5.41, 5.74) is -0.540. The second kappa shape index (κ2) is 5.27. The minimum Gasteiger partial charge on any atom is -0.464 e. The summed E-state index contributed by atoms with van der Waals surface area (Å²) in [6, 6.07) is 6.16. The molecule has 4 heteroatoms. The van der Waals surface area contributed by atoms with Crippen LogP contribution in [-0.2, 0) is 15.2 Å². The highest BCUT2D eigenvalue weighted by Crippen LogP contribution is 2.26. The summed E-state index contributed by atoms with van der Waals surface area (Å²) in [5, 5.41) is 9.65. The van der Waals surface area contributed by atoms with Gasteiger partial charge in [0, 0.05) is 0 Å². The van der Waals surface area contributed by atoms with E-state index in [1.54, 1.807) is 19.1 Å². The summed E-state index contributed by atoms with van der Waals surface area (Å²) in [5.74, 6) is -0.695. The smallest absolute Gasteiger partial charge is 0.339 e. The van der Waals surface area contributed by atoms with Gasteiger partial charge in [-0.05, 0) is 31.9 Å². The standard InChI is InChI=1S/C13H17FO3/c1-4-17-12(16)11(15)9-5-7-10(8-6-9)13(2,3)14/h5-8,11,15H,4H2,1-3H3. The molecule has 1 N–H and O–H groups in total. The Balaban J connectivity index is 2.84. The van der Waals surface area contributed by atoms with Crippen molar-refractivity contribution >= 4 is 5.97 Å². The summed E-state index contributed by atoms with van der Waals surface area (Å²) < 4.78 is 18.3. The summed E-state index contributed by atoms with van der Waals surface area (Å²) >= 11 is 0. The number of ether oxygens (including phenoxy) is 1. The first-order valence-corrected chi connectivity index (χ1v) is 5.50. The van der Waals surface area contributed by atoms with Crippen molar-refractivity contribution < 1.29 is 19.0 Å². The van der Waals surface area contributed by atoms with E-state index >= 15 is 0 Å². The largest absolute Gasteiger partial charge is 0.464 e. The Labute approximate surface area is 100 Å². The molecule has 3 nitrogen and oxygen atoms in total. The molecule has 0 bridgehead atoms. The molecule has 94 valence electrons. The first-order chi connectivity index (χ1) is 7.86. The topological polar surface area (TPSA) is 46.5 Å².